The first kappa shape index (κ1) is 17.5. The molecule has 1 aromatic heterocycles. The molecule has 2 heterocycles. The van der Waals surface area contributed by atoms with Gasteiger partial charge in [-0.1, -0.05) is 24.3 Å². The third-order valence-electron chi connectivity index (χ3n) is 4.74. The number of rotatable bonds is 6. The minimum atomic E-state index is -0.121. The molecule has 2 amide bonds. The SMILES string of the molecule is C[C@H](Cn1cccn1)NC(=O)NC[C@@H](C)N1CCc2ccccc2C1. The number of amides is 2. The van der Waals surface area contributed by atoms with Crippen molar-refractivity contribution in [1.29, 1.82) is 0 Å². The number of nitrogens with zero attached hydrogens (tertiary/aromatic N) is 3. The van der Waals surface area contributed by atoms with Crippen molar-refractivity contribution in [3.63, 3.8) is 0 Å². The smallest absolute Gasteiger partial charge is 0.315 e. The summed E-state index contributed by atoms with van der Waals surface area (Å²) < 4.78 is 1.82. The molecular formula is C19H27N5O. The number of fused-ring (bicyclic) bond motifs is 1. The number of urea groups is 1. The van der Waals surface area contributed by atoms with E-state index in [1.165, 1.54) is 11.1 Å². The summed E-state index contributed by atoms with van der Waals surface area (Å²) in [7, 11) is 0. The van der Waals surface area contributed by atoms with Crippen LogP contribution >= 0.6 is 0 Å². The number of hydrogen-bond acceptors (Lipinski definition) is 3. The standard InChI is InChI=1S/C19H27N5O/c1-15(13-24-10-5-9-21-24)22-19(25)20-12-16(2)23-11-8-17-6-3-4-7-18(17)14-23/h3-7,9-10,15-16H,8,11-14H2,1-2H3,(H2,20,22,25)/t15-,16-/m1/s1. The summed E-state index contributed by atoms with van der Waals surface area (Å²) in [5, 5.41) is 10.1. The molecule has 1 aromatic carbocycles. The minimum absolute atomic E-state index is 0.0251. The molecule has 2 atom stereocenters. The Morgan fingerprint density at radius 2 is 2.04 bits per heavy atom. The summed E-state index contributed by atoms with van der Waals surface area (Å²) in [5.74, 6) is 0. The third-order valence-corrected chi connectivity index (χ3v) is 4.74. The van der Waals surface area contributed by atoms with E-state index in [0.29, 0.717) is 19.1 Å². The summed E-state index contributed by atoms with van der Waals surface area (Å²) in [4.78, 5) is 14.5. The van der Waals surface area contributed by atoms with Crippen LogP contribution < -0.4 is 10.6 Å². The molecule has 134 valence electrons. The first-order valence-electron chi connectivity index (χ1n) is 8.94. The largest absolute Gasteiger partial charge is 0.337 e. The fourth-order valence-corrected chi connectivity index (χ4v) is 3.27. The van der Waals surface area contributed by atoms with Crippen LogP contribution in [-0.4, -0.2) is 45.9 Å². The molecule has 0 spiro atoms. The number of hydrogen-bond donors (Lipinski definition) is 2. The van der Waals surface area contributed by atoms with Crippen LogP contribution in [0.4, 0.5) is 4.79 Å². The van der Waals surface area contributed by atoms with Crippen LogP contribution in [0.25, 0.3) is 0 Å². The van der Waals surface area contributed by atoms with E-state index in [-0.39, 0.29) is 12.1 Å². The van der Waals surface area contributed by atoms with Gasteiger partial charge in [0.2, 0.25) is 0 Å². The highest BCUT2D eigenvalue weighted by atomic mass is 16.2. The maximum Gasteiger partial charge on any atom is 0.315 e. The van der Waals surface area contributed by atoms with Crippen molar-refractivity contribution in [2.75, 3.05) is 13.1 Å². The van der Waals surface area contributed by atoms with Crippen molar-refractivity contribution in [1.82, 2.24) is 25.3 Å². The van der Waals surface area contributed by atoms with Crippen LogP contribution in [0.3, 0.4) is 0 Å². The van der Waals surface area contributed by atoms with E-state index >= 15 is 0 Å². The van der Waals surface area contributed by atoms with Crippen molar-refractivity contribution in [3.05, 3.63) is 53.9 Å². The average molecular weight is 341 g/mol. The Balaban J connectivity index is 1.41. The highest BCUT2D eigenvalue weighted by Crippen LogP contribution is 2.19. The lowest BCUT2D eigenvalue weighted by molar-refractivity contribution is 0.184. The summed E-state index contributed by atoms with van der Waals surface area (Å²) in [6.45, 7) is 7.45. The topological polar surface area (TPSA) is 62.2 Å². The van der Waals surface area contributed by atoms with E-state index in [2.05, 4.69) is 51.8 Å². The third kappa shape index (κ3) is 4.82. The second-order valence-corrected chi connectivity index (χ2v) is 6.82. The molecule has 0 saturated carbocycles. The summed E-state index contributed by atoms with van der Waals surface area (Å²) in [6, 6.07) is 10.7. The molecule has 2 aromatic rings. The molecule has 3 rings (SSSR count). The molecule has 6 heteroatoms. The summed E-state index contributed by atoms with van der Waals surface area (Å²) in [5.41, 5.74) is 2.85. The number of carbonyl (C=O) groups excluding carboxylic acids is 1. The number of nitrogens with one attached hydrogen (secondary N) is 2. The Kier molecular flexibility index (Phi) is 5.71. The fourth-order valence-electron chi connectivity index (χ4n) is 3.27. The molecule has 1 aliphatic heterocycles. The zero-order valence-corrected chi connectivity index (χ0v) is 15.0. The molecule has 1 aliphatic rings. The number of benzene rings is 1. The molecule has 0 saturated heterocycles. The van der Waals surface area contributed by atoms with E-state index in [4.69, 9.17) is 0 Å². The number of carbonyl (C=O) groups is 1. The lowest BCUT2D eigenvalue weighted by Crippen LogP contribution is -2.48. The van der Waals surface area contributed by atoms with E-state index in [1.807, 2.05) is 23.9 Å². The Morgan fingerprint density at radius 1 is 1.24 bits per heavy atom. The Hall–Kier alpha value is -2.34. The zero-order chi connectivity index (χ0) is 17.6. The van der Waals surface area contributed by atoms with Gasteiger partial charge < -0.3 is 10.6 Å². The van der Waals surface area contributed by atoms with E-state index in [9.17, 15) is 4.79 Å². The van der Waals surface area contributed by atoms with Crippen LogP contribution in [-0.2, 0) is 19.5 Å². The van der Waals surface area contributed by atoms with Gasteiger partial charge in [0.05, 0.1) is 6.54 Å². The molecule has 2 N–H and O–H groups in total. The second kappa shape index (κ2) is 8.16. The van der Waals surface area contributed by atoms with Crippen LogP contribution in [0, 0.1) is 0 Å². The first-order chi connectivity index (χ1) is 12.1. The highest BCUT2D eigenvalue weighted by Gasteiger charge is 2.20. The summed E-state index contributed by atoms with van der Waals surface area (Å²) in [6.07, 6.45) is 4.71. The molecule has 0 radical (unpaired) electrons. The van der Waals surface area contributed by atoms with Gasteiger partial charge in [-0.3, -0.25) is 9.58 Å². The fraction of sp³-hybridized carbons (Fsp3) is 0.474. The Bertz CT molecular complexity index is 685. The predicted molar refractivity (Wildman–Crippen MR) is 98.2 cm³/mol. The van der Waals surface area contributed by atoms with Crippen LogP contribution in [0.1, 0.15) is 25.0 Å². The lowest BCUT2D eigenvalue weighted by atomic mass is 9.99. The van der Waals surface area contributed by atoms with Crippen molar-refractivity contribution in [2.24, 2.45) is 0 Å². The van der Waals surface area contributed by atoms with Gasteiger partial charge >= 0.3 is 6.03 Å². The van der Waals surface area contributed by atoms with E-state index < -0.39 is 0 Å². The van der Waals surface area contributed by atoms with Gasteiger partial charge in [-0.25, -0.2) is 4.79 Å². The molecule has 25 heavy (non-hydrogen) atoms. The number of aromatic nitrogens is 2. The van der Waals surface area contributed by atoms with Gasteiger partial charge in [-0.2, -0.15) is 5.10 Å². The quantitative estimate of drug-likeness (QED) is 0.845. The predicted octanol–water partition coefficient (Wildman–Crippen LogP) is 2.02. The first-order valence-corrected chi connectivity index (χ1v) is 8.94. The van der Waals surface area contributed by atoms with Crippen molar-refractivity contribution >= 4 is 6.03 Å². The normalized spacial score (nSPS) is 16.7. The van der Waals surface area contributed by atoms with Gasteiger partial charge in [-0.15, -0.1) is 0 Å². The average Bonchev–Trinajstić information content (AvgIpc) is 3.12. The maximum absolute atomic E-state index is 12.1. The summed E-state index contributed by atoms with van der Waals surface area (Å²) >= 11 is 0. The van der Waals surface area contributed by atoms with Crippen molar-refractivity contribution in [2.45, 2.75) is 45.4 Å². The maximum atomic E-state index is 12.1. The van der Waals surface area contributed by atoms with Gasteiger partial charge in [-0.05, 0) is 37.5 Å². The van der Waals surface area contributed by atoms with Gasteiger partial charge in [0.25, 0.3) is 0 Å². The van der Waals surface area contributed by atoms with Crippen LogP contribution in [0.15, 0.2) is 42.7 Å². The Morgan fingerprint density at radius 3 is 2.80 bits per heavy atom. The van der Waals surface area contributed by atoms with Gasteiger partial charge in [0.1, 0.15) is 0 Å². The lowest BCUT2D eigenvalue weighted by Gasteiger charge is -2.33. The van der Waals surface area contributed by atoms with E-state index in [0.717, 1.165) is 19.5 Å². The monoisotopic (exact) mass is 341 g/mol. The van der Waals surface area contributed by atoms with Crippen molar-refractivity contribution < 1.29 is 4.79 Å². The van der Waals surface area contributed by atoms with E-state index in [1.54, 1.807) is 6.20 Å². The molecular weight excluding hydrogens is 314 g/mol. The van der Waals surface area contributed by atoms with Crippen molar-refractivity contribution in [3.8, 4) is 0 Å². The molecule has 0 aliphatic carbocycles. The van der Waals surface area contributed by atoms with Crippen LogP contribution in [0.2, 0.25) is 0 Å². The Labute approximate surface area is 149 Å². The van der Waals surface area contributed by atoms with Gasteiger partial charge in [0, 0.05) is 44.1 Å². The zero-order valence-electron chi connectivity index (χ0n) is 15.0. The second-order valence-electron chi connectivity index (χ2n) is 6.82. The molecule has 0 bridgehead atoms. The molecule has 0 fully saturated rings. The molecule has 0 unspecified atom stereocenters. The molecule has 6 nitrogen and oxygen atoms in total. The van der Waals surface area contributed by atoms with Crippen LogP contribution in [0.5, 0.6) is 0 Å². The minimum Gasteiger partial charge on any atom is -0.337 e. The van der Waals surface area contributed by atoms with Gasteiger partial charge in [0.15, 0.2) is 0 Å². The highest BCUT2D eigenvalue weighted by molar-refractivity contribution is 5.74.